The molecule has 0 spiro atoms. The molecule has 0 aliphatic heterocycles. The molecule has 0 atom stereocenters. The lowest BCUT2D eigenvalue weighted by Crippen LogP contribution is -2.36. The number of hydrogen-bond acceptors (Lipinski definition) is 3. The Bertz CT molecular complexity index is 534. The van der Waals surface area contributed by atoms with Crippen LogP contribution in [-0.2, 0) is 9.59 Å². The predicted octanol–water partition coefficient (Wildman–Crippen LogP) is 3.27. The molecule has 0 aromatic heterocycles. The summed E-state index contributed by atoms with van der Waals surface area (Å²) in [6.07, 6.45) is 6.58. The van der Waals surface area contributed by atoms with Crippen molar-refractivity contribution < 1.29 is 9.59 Å². The van der Waals surface area contributed by atoms with E-state index in [2.05, 4.69) is 10.6 Å². The first kappa shape index (κ1) is 17.5. The van der Waals surface area contributed by atoms with Gasteiger partial charge < -0.3 is 16.4 Å². The molecule has 126 valence electrons. The van der Waals surface area contributed by atoms with Gasteiger partial charge in [0.2, 0.25) is 11.8 Å². The maximum Gasteiger partial charge on any atom is 0.224 e. The Balaban J connectivity index is 1.90. The molecule has 1 aromatic rings. The van der Waals surface area contributed by atoms with Gasteiger partial charge in [0.1, 0.15) is 0 Å². The zero-order valence-corrected chi connectivity index (χ0v) is 13.9. The molecule has 1 aromatic carbocycles. The molecule has 5 nitrogen and oxygen atoms in total. The minimum atomic E-state index is -0.0304. The molecule has 0 radical (unpaired) electrons. The standard InChI is InChI=1S/C18H27N3O2/c1-2-16(22)20-14-6-8-15(9-7-14)21-17(23)12-18(13-19)10-4-3-5-11-18/h6-9H,2-5,10-13,19H2,1H3,(H,20,22)(H,21,23). The van der Waals surface area contributed by atoms with Gasteiger partial charge in [-0.05, 0) is 49.1 Å². The first-order chi connectivity index (χ1) is 11.1. The minimum Gasteiger partial charge on any atom is -0.330 e. The van der Waals surface area contributed by atoms with Gasteiger partial charge >= 0.3 is 0 Å². The van der Waals surface area contributed by atoms with E-state index < -0.39 is 0 Å². The number of carbonyl (C=O) groups excluding carboxylic acids is 2. The van der Waals surface area contributed by atoms with Crippen LogP contribution in [0, 0.1) is 5.41 Å². The van der Waals surface area contributed by atoms with Gasteiger partial charge in [0, 0.05) is 24.2 Å². The molecule has 23 heavy (non-hydrogen) atoms. The Morgan fingerprint density at radius 1 is 1.00 bits per heavy atom. The normalized spacial score (nSPS) is 16.6. The summed E-state index contributed by atoms with van der Waals surface area (Å²) in [6, 6.07) is 7.20. The SMILES string of the molecule is CCC(=O)Nc1ccc(NC(=O)CC2(CN)CCCCC2)cc1. The van der Waals surface area contributed by atoms with Crippen molar-refractivity contribution in [3.63, 3.8) is 0 Å². The van der Waals surface area contributed by atoms with Crippen molar-refractivity contribution in [1.29, 1.82) is 0 Å². The summed E-state index contributed by atoms with van der Waals surface area (Å²) >= 11 is 0. The van der Waals surface area contributed by atoms with Crippen LogP contribution in [0.25, 0.3) is 0 Å². The zero-order valence-electron chi connectivity index (χ0n) is 13.9. The third kappa shape index (κ3) is 5.06. The molecular weight excluding hydrogens is 290 g/mol. The summed E-state index contributed by atoms with van der Waals surface area (Å²) in [5.41, 5.74) is 7.39. The van der Waals surface area contributed by atoms with Gasteiger partial charge in [-0.3, -0.25) is 9.59 Å². The van der Waals surface area contributed by atoms with Crippen LogP contribution >= 0.6 is 0 Å². The number of carbonyl (C=O) groups is 2. The van der Waals surface area contributed by atoms with Crippen LogP contribution < -0.4 is 16.4 Å². The quantitative estimate of drug-likeness (QED) is 0.753. The summed E-state index contributed by atoms with van der Waals surface area (Å²) in [6.45, 7) is 2.38. The number of benzene rings is 1. The molecular formula is C18H27N3O2. The Hall–Kier alpha value is -1.88. The molecule has 5 heteroatoms. The van der Waals surface area contributed by atoms with Crippen LogP contribution in [0.1, 0.15) is 51.9 Å². The maximum absolute atomic E-state index is 12.3. The number of anilines is 2. The van der Waals surface area contributed by atoms with Crippen molar-refractivity contribution in [2.24, 2.45) is 11.1 Å². The van der Waals surface area contributed by atoms with Gasteiger partial charge in [0.15, 0.2) is 0 Å². The number of hydrogen-bond donors (Lipinski definition) is 3. The molecule has 0 bridgehead atoms. The second-order valence-electron chi connectivity index (χ2n) is 6.47. The van der Waals surface area contributed by atoms with E-state index in [-0.39, 0.29) is 17.2 Å². The van der Waals surface area contributed by atoms with Gasteiger partial charge in [-0.15, -0.1) is 0 Å². The van der Waals surface area contributed by atoms with E-state index in [0.717, 1.165) is 37.1 Å². The van der Waals surface area contributed by atoms with Crippen LogP contribution in [-0.4, -0.2) is 18.4 Å². The summed E-state index contributed by atoms with van der Waals surface area (Å²) in [5, 5.41) is 5.72. The van der Waals surface area contributed by atoms with Crippen molar-refractivity contribution in [3.8, 4) is 0 Å². The Morgan fingerprint density at radius 2 is 1.52 bits per heavy atom. The highest BCUT2D eigenvalue weighted by Crippen LogP contribution is 2.38. The first-order valence-electron chi connectivity index (χ1n) is 8.47. The van der Waals surface area contributed by atoms with Crippen LogP contribution in [0.5, 0.6) is 0 Å². The third-order valence-electron chi connectivity index (χ3n) is 4.66. The lowest BCUT2D eigenvalue weighted by atomic mass is 9.71. The number of nitrogens with two attached hydrogens (primary N) is 1. The molecule has 0 heterocycles. The molecule has 1 saturated carbocycles. The van der Waals surface area contributed by atoms with Gasteiger partial charge in [-0.1, -0.05) is 26.2 Å². The van der Waals surface area contributed by atoms with Gasteiger partial charge in [0.05, 0.1) is 0 Å². The fourth-order valence-electron chi connectivity index (χ4n) is 3.19. The molecule has 0 unspecified atom stereocenters. The number of rotatable bonds is 6. The lowest BCUT2D eigenvalue weighted by Gasteiger charge is -2.35. The van der Waals surface area contributed by atoms with Crippen molar-refractivity contribution in [2.45, 2.75) is 51.9 Å². The number of amides is 2. The second-order valence-corrected chi connectivity index (χ2v) is 6.47. The van der Waals surface area contributed by atoms with E-state index in [1.54, 1.807) is 24.3 Å². The molecule has 4 N–H and O–H groups in total. The van der Waals surface area contributed by atoms with E-state index in [0.29, 0.717) is 19.4 Å². The molecule has 2 rings (SSSR count). The minimum absolute atomic E-state index is 0.0164. The topological polar surface area (TPSA) is 84.2 Å². The zero-order chi connectivity index (χ0) is 16.7. The van der Waals surface area contributed by atoms with Gasteiger partial charge in [-0.25, -0.2) is 0 Å². The van der Waals surface area contributed by atoms with Gasteiger partial charge in [-0.2, -0.15) is 0 Å². The fraction of sp³-hybridized carbons (Fsp3) is 0.556. The summed E-state index contributed by atoms with van der Waals surface area (Å²) < 4.78 is 0. The van der Waals surface area contributed by atoms with Crippen LogP contribution in [0.3, 0.4) is 0 Å². The molecule has 0 saturated heterocycles. The summed E-state index contributed by atoms with van der Waals surface area (Å²) in [5.74, 6) is -0.00772. The smallest absolute Gasteiger partial charge is 0.224 e. The Labute approximate surface area is 138 Å². The van der Waals surface area contributed by atoms with E-state index in [4.69, 9.17) is 5.73 Å². The molecule has 2 amide bonds. The summed E-state index contributed by atoms with van der Waals surface area (Å²) in [4.78, 5) is 23.7. The van der Waals surface area contributed by atoms with Gasteiger partial charge in [0.25, 0.3) is 0 Å². The molecule has 1 aliphatic carbocycles. The highest BCUT2D eigenvalue weighted by Gasteiger charge is 2.32. The van der Waals surface area contributed by atoms with Crippen molar-refractivity contribution in [2.75, 3.05) is 17.2 Å². The average molecular weight is 317 g/mol. The molecule has 1 aliphatic rings. The first-order valence-corrected chi connectivity index (χ1v) is 8.47. The highest BCUT2D eigenvalue weighted by atomic mass is 16.2. The average Bonchev–Trinajstić information content (AvgIpc) is 2.57. The van der Waals surface area contributed by atoms with E-state index in [9.17, 15) is 9.59 Å². The lowest BCUT2D eigenvalue weighted by molar-refractivity contribution is -0.119. The Kier molecular flexibility index (Phi) is 6.16. The maximum atomic E-state index is 12.3. The van der Waals surface area contributed by atoms with Crippen molar-refractivity contribution in [1.82, 2.24) is 0 Å². The van der Waals surface area contributed by atoms with E-state index >= 15 is 0 Å². The second kappa shape index (κ2) is 8.11. The van der Waals surface area contributed by atoms with Crippen molar-refractivity contribution >= 4 is 23.2 Å². The number of nitrogens with one attached hydrogen (secondary N) is 2. The highest BCUT2D eigenvalue weighted by molar-refractivity contribution is 5.93. The fourth-order valence-corrected chi connectivity index (χ4v) is 3.19. The van der Waals surface area contributed by atoms with Crippen LogP contribution in [0.15, 0.2) is 24.3 Å². The monoisotopic (exact) mass is 317 g/mol. The predicted molar refractivity (Wildman–Crippen MR) is 93.2 cm³/mol. The van der Waals surface area contributed by atoms with E-state index in [1.807, 2.05) is 6.92 Å². The van der Waals surface area contributed by atoms with Crippen LogP contribution in [0.4, 0.5) is 11.4 Å². The van der Waals surface area contributed by atoms with E-state index in [1.165, 1.54) is 6.42 Å². The Morgan fingerprint density at radius 3 is 2.00 bits per heavy atom. The summed E-state index contributed by atoms with van der Waals surface area (Å²) in [7, 11) is 0. The molecule has 1 fully saturated rings. The van der Waals surface area contributed by atoms with Crippen LogP contribution in [0.2, 0.25) is 0 Å². The largest absolute Gasteiger partial charge is 0.330 e. The van der Waals surface area contributed by atoms with Crippen molar-refractivity contribution in [3.05, 3.63) is 24.3 Å². The third-order valence-corrected chi connectivity index (χ3v) is 4.66.